The number of nitrogens with zero attached hydrogens (tertiary/aromatic N) is 3. The Morgan fingerprint density at radius 2 is 1.80 bits per heavy atom. The standard InChI is InChI=1S/C19H30N4O2/c1-4-17(24)22-10-8-15(9-11-22)18-16(12-20-21-18)19(25)23-13(2)6-5-7-14(23)3/h12-15H,4-11H2,1-3H3,(H,20,21). The van der Waals surface area contributed by atoms with E-state index in [0.29, 0.717) is 6.42 Å². The number of amides is 2. The SMILES string of the molecule is CCC(=O)N1CCC(c2[nH]ncc2C(=O)N2C(C)CCCC2C)CC1. The number of carbonyl (C=O) groups is 2. The van der Waals surface area contributed by atoms with Crippen molar-refractivity contribution in [1.82, 2.24) is 20.0 Å². The number of piperidine rings is 2. The summed E-state index contributed by atoms with van der Waals surface area (Å²) < 4.78 is 0. The number of carbonyl (C=O) groups excluding carboxylic acids is 2. The van der Waals surface area contributed by atoms with Gasteiger partial charge in [0.05, 0.1) is 17.5 Å². The highest BCUT2D eigenvalue weighted by molar-refractivity contribution is 5.95. The lowest BCUT2D eigenvalue weighted by Gasteiger charge is -2.39. The second-order valence-electron chi connectivity index (χ2n) is 7.55. The first-order chi connectivity index (χ1) is 12.0. The van der Waals surface area contributed by atoms with E-state index in [1.54, 1.807) is 6.20 Å². The molecule has 1 aromatic heterocycles. The van der Waals surface area contributed by atoms with Gasteiger partial charge < -0.3 is 9.80 Å². The molecule has 1 aromatic rings. The van der Waals surface area contributed by atoms with Gasteiger partial charge in [0, 0.05) is 37.5 Å². The van der Waals surface area contributed by atoms with Gasteiger partial charge in [0.25, 0.3) is 5.91 Å². The van der Waals surface area contributed by atoms with Crippen LogP contribution in [0.2, 0.25) is 0 Å². The zero-order valence-electron chi connectivity index (χ0n) is 15.6. The highest BCUT2D eigenvalue weighted by atomic mass is 16.2. The van der Waals surface area contributed by atoms with Crippen LogP contribution in [0.15, 0.2) is 6.20 Å². The first-order valence-corrected chi connectivity index (χ1v) is 9.66. The number of nitrogens with one attached hydrogen (secondary N) is 1. The summed E-state index contributed by atoms with van der Waals surface area (Å²) in [6.07, 6.45) is 7.35. The van der Waals surface area contributed by atoms with E-state index in [9.17, 15) is 9.59 Å². The Morgan fingerprint density at radius 3 is 2.40 bits per heavy atom. The Labute approximate surface area is 149 Å². The van der Waals surface area contributed by atoms with Crippen LogP contribution in [-0.2, 0) is 4.79 Å². The van der Waals surface area contributed by atoms with E-state index >= 15 is 0 Å². The molecule has 0 spiro atoms. The van der Waals surface area contributed by atoms with Crippen molar-refractivity contribution in [3.8, 4) is 0 Å². The molecule has 2 aliphatic heterocycles. The molecule has 2 amide bonds. The number of aromatic amines is 1. The van der Waals surface area contributed by atoms with Gasteiger partial charge >= 0.3 is 0 Å². The third-order valence-corrected chi connectivity index (χ3v) is 5.89. The van der Waals surface area contributed by atoms with Gasteiger partial charge in [-0.25, -0.2) is 0 Å². The third kappa shape index (κ3) is 3.58. The minimum Gasteiger partial charge on any atom is -0.343 e. The molecule has 3 rings (SSSR count). The van der Waals surface area contributed by atoms with Crippen LogP contribution in [0.5, 0.6) is 0 Å². The van der Waals surface area contributed by atoms with Crippen LogP contribution in [0.4, 0.5) is 0 Å². The topological polar surface area (TPSA) is 69.3 Å². The normalized spacial score (nSPS) is 25.2. The van der Waals surface area contributed by atoms with Gasteiger partial charge in [-0.1, -0.05) is 6.92 Å². The third-order valence-electron chi connectivity index (χ3n) is 5.89. The molecule has 6 nitrogen and oxygen atoms in total. The van der Waals surface area contributed by atoms with Gasteiger partial charge in [-0.15, -0.1) is 0 Å². The van der Waals surface area contributed by atoms with E-state index in [-0.39, 0.29) is 29.8 Å². The fourth-order valence-electron chi connectivity index (χ4n) is 4.38. The van der Waals surface area contributed by atoms with Crippen molar-refractivity contribution in [1.29, 1.82) is 0 Å². The highest BCUT2D eigenvalue weighted by Crippen LogP contribution is 2.31. The fraction of sp³-hybridized carbons (Fsp3) is 0.737. The Balaban J connectivity index is 1.73. The van der Waals surface area contributed by atoms with E-state index in [0.717, 1.165) is 50.0 Å². The first-order valence-electron chi connectivity index (χ1n) is 9.66. The summed E-state index contributed by atoms with van der Waals surface area (Å²) in [7, 11) is 0. The monoisotopic (exact) mass is 346 g/mol. The number of H-pyrrole nitrogens is 1. The second kappa shape index (κ2) is 7.58. The van der Waals surface area contributed by atoms with Crippen molar-refractivity contribution >= 4 is 11.8 Å². The molecule has 2 unspecified atom stereocenters. The van der Waals surface area contributed by atoms with Crippen molar-refractivity contribution in [2.75, 3.05) is 13.1 Å². The maximum Gasteiger partial charge on any atom is 0.257 e. The maximum absolute atomic E-state index is 13.2. The van der Waals surface area contributed by atoms with E-state index in [4.69, 9.17) is 0 Å². The molecule has 3 heterocycles. The van der Waals surface area contributed by atoms with Crippen molar-refractivity contribution in [3.05, 3.63) is 17.5 Å². The molecule has 1 N–H and O–H groups in total. The van der Waals surface area contributed by atoms with Crippen molar-refractivity contribution in [2.45, 2.75) is 77.3 Å². The maximum atomic E-state index is 13.2. The molecule has 0 radical (unpaired) electrons. The molecule has 2 saturated heterocycles. The van der Waals surface area contributed by atoms with E-state index in [2.05, 4.69) is 24.0 Å². The zero-order valence-corrected chi connectivity index (χ0v) is 15.6. The molecule has 6 heteroatoms. The Hall–Kier alpha value is -1.85. The average Bonchev–Trinajstić information content (AvgIpc) is 3.10. The summed E-state index contributed by atoms with van der Waals surface area (Å²) in [6, 6.07) is 0.561. The summed E-state index contributed by atoms with van der Waals surface area (Å²) in [5.41, 5.74) is 1.68. The van der Waals surface area contributed by atoms with Crippen LogP contribution < -0.4 is 0 Å². The number of rotatable bonds is 3. The second-order valence-corrected chi connectivity index (χ2v) is 7.55. The molecule has 0 bridgehead atoms. The number of hydrogen-bond acceptors (Lipinski definition) is 3. The van der Waals surface area contributed by atoms with Crippen molar-refractivity contribution in [3.63, 3.8) is 0 Å². The first kappa shape index (κ1) is 18.0. The molecule has 0 aromatic carbocycles. The van der Waals surface area contributed by atoms with E-state index in [1.165, 1.54) is 6.42 Å². The predicted molar refractivity (Wildman–Crippen MR) is 96.4 cm³/mol. The lowest BCUT2D eigenvalue weighted by atomic mass is 9.90. The van der Waals surface area contributed by atoms with Crippen molar-refractivity contribution < 1.29 is 9.59 Å². The van der Waals surface area contributed by atoms with Crippen LogP contribution in [0.3, 0.4) is 0 Å². The summed E-state index contributed by atoms with van der Waals surface area (Å²) in [6.45, 7) is 7.71. The van der Waals surface area contributed by atoms with E-state index < -0.39 is 0 Å². The summed E-state index contributed by atoms with van der Waals surface area (Å²) in [5, 5.41) is 7.26. The molecule has 25 heavy (non-hydrogen) atoms. The molecule has 0 aliphatic carbocycles. The minimum atomic E-state index is 0.107. The largest absolute Gasteiger partial charge is 0.343 e. The summed E-state index contributed by atoms with van der Waals surface area (Å²) in [4.78, 5) is 29.0. The van der Waals surface area contributed by atoms with Crippen LogP contribution in [-0.4, -0.2) is 57.0 Å². The van der Waals surface area contributed by atoms with Gasteiger partial charge in [0.15, 0.2) is 0 Å². The average molecular weight is 346 g/mol. The molecular formula is C19H30N4O2. The van der Waals surface area contributed by atoms with Crippen molar-refractivity contribution in [2.24, 2.45) is 0 Å². The van der Waals surface area contributed by atoms with Gasteiger partial charge in [0.2, 0.25) is 5.91 Å². The minimum absolute atomic E-state index is 0.107. The van der Waals surface area contributed by atoms with Gasteiger partial charge in [-0.05, 0) is 46.0 Å². The van der Waals surface area contributed by atoms with Gasteiger partial charge in [-0.3, -0.25) is 14.7 Å². The zero-order chi connectivity index (χ0) is 18.0. The smallest absolute Gasteiger partial charge is 0.257 e. The molecule has 2 fully saturated rings. The van der Waals surface area contributed by atoms with Crippen LogP contribution in [0.1, 0.15) is 81.3 Å². The highest BCUT2D eigenvalue weighted by Gasteiger charge is 2.33. The van der Waals surface area contributed by atoms with Gasteiger partial charge in [-0.2, -0.15) is 5.10 Å². The fourth-order valence-corrected chi connectivity index (χ4v) is 4.38. The van der Waals surface area contributed by atoms with E-state index in [1.807, 2.05) is 16.7 Å². The summed E-state index contributed by atoms with van der Waals surface area (Å²) >= 11 is 0. The van der Waals surface area contributed by atoms with Crippen LogP contribution >= 0.6 is 0 Å². The number of hydrogen-bond donors (Lipinski definition) is 1. The predicted octanol–water partition coefficient (Wildman–Crippen LogP) is 2.93. The quantitative estimate of drug-likeness (QED) is 0.915. The Morgan fingerprint density at radius 1 is 1.16 bits per heavy atom. The molecule has 0 saturated carbocycles. The lowest BCUT2D eigenvalue weighted by Crippen LogP contribution is -2.47. The van der Waals surface area contributed by atoms with Gasteiger partial charge in [0.1, 0.15) is 0 Å². The lowest BCUT2D eigenvalue weighted by molar-refractivity contribution is -0.131. The Bertz CT molecular complexity index is 609. The molecule has 2 aliphatic rings. The molecule has 2 atom stereocenters. The number of likely N-dealkylation sites (tertiary alicyclic amines) is 2. The molecular weight excluding hydrogens is 316 g/mol. The van der Waals surface area contributed by atoms with Crippen LogP contribution in [0.25, 0.3) is 0 Å². The molecule has 138 valence electrons. The number of aromatic nitrogens is 2. The van der Waals surface area contributed by atoms with Crippen LogP contribution in [0, 0.1) is 0 Å². The summed E-state index contributed by atoms with van der Waals surface area (Å²) in [5.74, 6) is 0.601. The Kier molecular flexibility index (Phi) is 5.45.